The van der Waals surface area contributed by atoms with Gasteiger partial charge < -0.3 is 24.7 Å². The number of cyclic esters (lactones) is 1. The normalized spacial score (nSPS) is 21.2. The summed E-state index contributed by atoms with van der Waals surface area (Å²) in [6.07, 6.45) is 3.49. The van der Waals surface area contributed by atoms with Crippen LogP contribution in [0.4, 0.5) is 26.2 Å². The van der Waals surface area contributed by atoms with Crippen LogP contribution >= 0.6 is 0 Å². The van der Waals surface area contributed by atoms with Crippen molar-refractivity contribution in [3.05, 3.63) is 42.1 Å². The van der Waals surface area contributed by atoms with Gasteiger partial charge in [-0.1, -0.05) is 0 Å². The predicted molar refractivity (Wildman–Crippen MR) is 115 cm³/mol. The van der Waals surface area contributed by atoms with Gasteiger partial charge in [0.2, 0.25) is 5.91 Å². The number of halogens is 1. The molecule has 2 saturated heterocycles. The zero-order valence-corrected chi connectivity index (χ0v) is 17.7. The minimum Gasteiger partial charge on any atom is -0.467 e. The van der Waals surface area contributed by atoms with Crippen LogP contribution in [0.2, 0.25) is 0 Å². The maximum absolute atomic E-state index is 15.2. The topological polar surface area (TPSA) is 87.1 Å². The number of amides is 2. The van der Waals surface area contributed by atoms with Crippen LogP contribution in [-0.4, -0.2) is 43.9 Å². The summed E-state index contributed by atoms with van der Waals surface area (Å²) >= 11 is 0. The molecule has 2 amide bonds. The lowest BCUT2D eigenvalue weighted by Crippen LogP contribution is -2.45. The number of rotatable bonds is 6. The van der Waals surface area contributed by atoms with E-state index in [4.69, 9.17) is 9.15 Å². The van der Waals surface area contributed by atoms with E-state index >= 15 is 4.39 Å². The molecule has 2 N–H and O–H groups in total. The maximum atomic E-state index is 15.2. The Morgan fingerprint density at radius 1 is 1.29 bits per heavy atom. The molecule has 166 valence electrons. The van der Waals surface area contributed by atoms with Crippen LogP contribution < -0.4 is 20.4 Å². The largest absolute Gasteiger partial charge is 0.467 e. The Morgan fingerprint density at radius 3 is 2.84 bits per heavy atom. The molecule has 2 atom stereocenters. The molecule has 0 saturated carbocycles. The molecule has 2 aromatic rings. The first-order valence-corrected chi connectivity index (χ1v) is 10.5. The highest BCUT2D eigenvalue weighted by Gasteiger charge is 2.33. The Kier molecular flexibility index (Phi) is 6.01. The highest BCUT2D eigenvalue weighted by atomic mass is 19.1. The van der Waals surface area contributed by atoms with Gasteiger partial charge in [0.1, 0.15) is 17.7 Å². The van der Waals surface area contributed by atoms with E-state index < -0.39 is 18.0 Å². The number of hydrogen-bond acceptors (Lipinski definition) is 6. The molecule has 9 heteroatoms. The van der Waals surface area contributed by atoms with Gasteiger partial charge in [0.05, 0.1) is 42.6 Å². The average molecular weight is 430 g/mol. The molecule has 0 aliphatic carbocycles. The highest BCUT2D eigenvalue weighted by Crippen LogP contribution is 2.32. The summed E-state index contributed by atoms with van der Waals surface area (Å²) < 4.78 is 25.8. The Bertz CT molecular complexity index is 963. The van der Waals surface area contributed by atoms with E-state index in [2.05, 4.69) is 10.6 Å². The van der Waals surface area contributed by atoms with Crippen LogP contribution in [0.25, 0.3) is 0 Å². The van der Waals surface area contributed by atoms with Crippen molar-refractivity contribution in [2.45, 2.75) is 45.4 Å². The van der Waals surface area contributed by atoms with Gasteiger partial charge in [-0.05, 0) is 50.5 Å². The number of carbonyl (C=O) groups is 2. The molecule has 3 heterocycles. The van der Waals surface area contributed by atoms with Crippen molar-refractivity contribution in [3.63, 3.8) is 0 Å². The second-order valence-electron chi connectivity index (χ2n) is 7.93. The van der Waals surface area contributed by atoms with Crippen LogP contribution in [-0.2, 0) is 9.53 Å². The van der Waals surface area contributed by atoms with E-state index in [0.717, 1.165) is 37.3 Å². The van der Waals surface area contributed by atoms with Gasteiger partial charge in [0.25, 0.3) is 0 Å². The third-order valence-corrected chi connectivity index (χ3v) is 5.69. The first-order valence-electron chi connectivity index (χ1n) is 10.5. The van der Waals surface area contributed by atoms with E-state index in [1.54, 1.807) is 18.4 Å². The second-order valence-corrected chi connectivity index (χ2v) is 7.93. The van der Waals surface area contributed by atoms with Crippen molar-refractivity contribution in [1.29, 1.82) is 0 Å². The number of nitrogens with one attached hydrogen (secondary N) is 2. The summed E-state index contributed by atoms with van der Waals surface area (Å²) in [6.45, 7) is 4.51. The maximum Gasteiger partial charge on any atom is 0.414 e. The van der Waals surface area contributed by atoms with Gasteiger partial charge in [-0.3, -0.25) is 9.69 Å². The van der Waals surface area contributed by atoms with Gasteiger partial charge in [0.15, 0.2) is 0 Å². The molecule has 2 aliphatic rings. The quantitative estimate of drug-likeness (QED) is 0.728. The van der Waals surface area contributed by atoms with Crippen LogP contribution in [0.1, 0.15) is 31.9 Å². The average Bonchev–Trinajstić information content (AvgIpc) is 3.32. The summed E-state index contributed by atoms with van der Waals surface area (Å²) in [6, 6.07) is 6.68. The zero-order chi connectivity index (χ0) is 22.0. The molecule has 2 aliphatic heterocycles. The molecular formula is C22H27FN4O4. The molecule has 8 nitrogen and oxygen atoms in total. The first-order chi connectivity index (χ1) is 14.9. The Morgan fingerprint density at radius 2 is 2.13 bits per heavy atom. The fourth-order valence-electron chi connectivity index (χ4n) is 4.08. The molecule has 0 spiro atoms. The minimum absolute atomic E-state index is 0.0517. The highest BCUT2D eigenvalue weighted by molar-refractivity contribution is 5.90. The summed E-state index contributed by atoms with van der Waals surface area (Å²) in [5, 5.41) is 6.09. The molecule has 31 heavy (non-hydrogen) atoms. The van der Waals surface area contributed by atoms with Crippen LogP contribution in [0, 0.1) is 12.7 Å². The lowest BCUT2D eigenvalue weighted by Gasteiger charge is -2.38. The Labute approximate surface area is 180 Å². The van der Waals surface area contributed by atoms with Crippen molar-refractivity contribution in [1.82, 2.24) is 5.32 Å². The van der Waals surface area contributed by atoms with E-state index in [1.807, 2.05) is 17.9 Å². The lowest BCUT2D eigenvalue weighted by atomic mass is 10.1. The number of piperidine rings is 1. The van der Waals surface area contributed by atoms with Gasteiger partial charge in [0, 0.05) is 13.5 Å². The number of nitrogens with zero attached hydrogens (tertiary/aromatic N) is 2. The van der Waals surface area contributed by atoms with Crippen molar-refractivity contribution in [3.8, 4) is 0 Å². The third kappa shape index (κ3) is 4.60. The predicted octanol–water partition coefficient (Wildman–Crippen LogP) is 3.62. The number of furan rings is 1. The molecule has 0 bridgehead atoms. The van der Waals surface area contributed by atoms with Crippen molar-refractivity contribution in [2.75, 3.05) is 34.8 Å². The molecule has 1 aromatic carbocycles. The summed E-state index contributed by atoms with van der Waals surface area (Å²) in [7, 11) is 0. The summed E-state index contributed by atoms with van der Waals surface area (Å²) in [5.41, 5.74) is 1.83. The number of ether oxygens (including phenoxy) is 1. The third-order valence-electron chi connectivity index (χ3n) is 5.69. The lowest BCUT2D eigenvalue weighted by molar-refractivity contribution is -0.119. The number of aryl methyl sites for hydroxylation is 1. The molecule has 4 rings (SSSR count). The van der Waals surface area contributed by atoms with Crippen LogP contribution in [0.15, 0.2) is 34.9 Å². The van der Waals surface area contributed by atoms with Crippen LogP contribution in [0.5, 0.6) is 0 Å². The van der Waals surface area contributed by atoms with Gasteiger partial charge in [-0.25, -0.2) is 9.18 Å². The number of anilines is 3. The standard InChI is InChI=1S/C22H27FN4O4/c1-14-19(8-10-30-14)25-21-5-3-4-9-26(21)20-7-6-16(11-18(20)23)27-13-17(31-22(27)29)12-24-15(2)28/h6-8,10-11,17,21,25H,3-5,9,12-13H2,1-2H3,(H,24,28)/t17-,21-/m0/s1. The molecule has 1 aromatic heterocycles. The Hall–Kier alpha value is -3.23. The monoisotopic (exact) mass is 430 g/mol. The fraction of sp³-hybridized carbons (Fsp3) is 0.455. The number of carbonyl (C=O) groups excluding carboxylic acids is 2. The number of hydrogen-bond donors (Lipinski definition) is 2. The van der Waals surface area contributed by atoms with Crippen molar-refractivity contribution >= 4 is 29.1 Å². The van der Waals surface area contributed by atoms with Crippen molar-refractivity contribution in [2.24, 2.45) is 0 Å². The van der Waals surface area contributed by atoms with Gasteiger partial charge >= 0.3 is 6.09 Å². The number of benzene rings is 1. The SMILES string of the molecule is CC(=O)NC[C@H]1CN(c2ccc(N3CCCC[C@H]3Nc3ccoc3C)c(F)c2)C(=O)O1. The first kappa shape index (κ1) is 21.0. The van der Waals surface area contributed by atoms with E-state index in [-0.39, 0.29) is 25.2 Å². The molecule has 2 fully saturated rings. The molecule has 0 radical (unpaired) electrons. The summed E-state index contributed by atoms with van der Waals surface area (Å²) in [4.78, 5) is 26.7. The fourth-order valence-corrected chi connectivity index (χ4v) is 4.08. The van der Waals surface area contributed by atoms with E-state index in [9.17, 15) is 9.59 Å². The smallest absolute Gasteiger partial charge is 0.414 e. The van der Waals surface area contributed by atoms with Gasteiger partial charge in [-0.15, -0.1) is 0 Å². The van der Waals surface area contributed by atoms with Crippen molar-refractivity contribution < 1.29 is 23.1 Å². The van der Waals surface area contributed by atoms with E-state index in [0.29, 0.717) is 11.4 Å². The van der Waals surface area contributed by atoms with Crippen LogP contribution in [0.3, 0.4) is 0 Å². The second kappa shape index (κ2) is 8.87. The zero-order valence-electron chi connectivity index (χ0n) is 17.7. The minimum atomic E-state index is -0.546. The van der Waals surface area contributed by atoms with Gasteiger partial charge in [-0.2, -0.15) is 0 Å². The summed E-state index contributed by atoms with van der Waals surface area (Å²) in [5.74, 6) is 0.205. The molecular weight excluding hydrogens is 403 g/mol. The van der Waals surface area contributed by atoms with E-state index in [1.165, 1.54) is 17.9 Å². The Balaban J connectivity index is 1.49. The molecule has 0 unspecified atom stereocenters.